The third-order valence-electron chi connectivity index (χ3n) is 6.29. The summed E-state index contributed by atoms with van der Waals surface area (Å²) in [4.78, 5) is 15.4. The molecule has 1 amide bonds. The summed E-state index contributed by atoms with van der Waals surface area (Å²) in [5.41, 5.74) is 5.60. The minimum absolute atomic E-state index is 0.0931. The molecule has 3 aromatic carbocycles. The number of hydrogen-bond donors (Lipinski definition) is 2. The molecule has 0 unspecified atom stereocenters. The summed E-state index contributed by atoms with van der Waals surface area (Å²) < 4.78 is 28.9. The van der Waals surface area contributed by atoms with E-state index in [1.54, 1.807) is 31.2 Å². The molecule has 184 valence electrons. The Balaban J connectivity index is 1.42. The van der Waals surface area contributed by atoms with Gasteiger partial charge in [0, 0.05) is 24.3 Å². The lowest BCUT2D eigenvalue weighted by Crippen LogP contribution is -2.24. The van der Waals surface area contributed by atoms with Crippen molar-refractivity contribution in [1.29, 1.82) is 0 Å². The van der Waals surface area contributed by atoms with Gasteiger partial charge in [0.1, 0.15) is 0 Å². The van der Waals surface area contributed by atoms with Crippen LogP contribution in [0.25, 0.3) is 0 Å². The molecule has 0 atom stereocenters. The third kappa shape index (κ3) is 6.50. The second-order valence-corrected chi connectivity index (χ2v) is 11.1. The van der Waals surface area contributed by atoms with Gasteiger partial charge in [-0.15, -0.1) is 0 Å². The highest BCUT2D eigenvalue weighted by Gasteiger charge is 2.20. The summed E-state index contributed by atoms with van der Waals surface area (Å²) in [6, 6.07) is 18.6. The molecule has 0 spiro atoms. The van der Waals surface area contributed by atoms with E-state index >= 15 is 0 Å². The van der Waals surface area contributed by atoms with Crippen molar-refractivity contribution in [1.82, 2.24) is 10.2 Å². The van der Waals surface area contributed by atoms with Gasteiger partial charge in [-0.2, -0.15) is 0 Å². The first-order valence-electron chi connectivity index (χ1n) is 12.0. The summed E-state index contributed by atoms with van der Waals surface area (Å²) in [6.45, 7) is 9.22. The van der Waals surface area contributed by atoms with Gasteiger partial charge in [0.05, 0.1) is 4.90 Å². The maximum Gasteiger partial charge on any atom is 0.262 e. The molecule has 1 fully saturated rings. The Kier molecular flexibility index (Phi) is 7.57. The highest BCUT2D eigenvalue weighted by atomic mass is 32.2. The van der Waals surface area contributed by atoms with Crippen LogP contribution in [0.5, 0.6) is 0 Å². The molecule has 1 saturated heterocycles. The van der Waals surface area contributed by atoms with Crippen LogP contribution in [0.4, 0.5) is 5.69 Å². The number of benzene rings is 3. The molecule has 1 aliphatic heterocycles. The molecule has 35 heavy (non-hydrogen) atoms. The zero-order valence-corrected chi connectivity index (χ0v) is 21.4. The monoisotopic (exact) mass is 491 g/mol. The normalized spacial score (nSPS) is 14.1. The average Bonchev–Trinajstić information content (AvgIpc) is 3.30. The minimum Gasteiger partial charge on any atom is -0.348 e. The minimum atomic E-state index is -3.85. The van der Waals surface area contributed by atoms with Crippen molar-refractivity contribution in [2.75, 3.05) is 17.8 Å². The Morgan fingerprint density at radius 1 is 0.857 bits per heavy atom. The highest BCUT2D eigenvalue weighted by Crippen LogP contribution is 2.23. The van der Waals surface area contributed by atoms with Crippen LogP contribution in [-0.2, 0) is 23.1 Å². The number of amides is 1. The van der Waals surface area contributed by atoms with Crippen molar-refractivity contribution in [2.45, 2.75) is 51.6 Å². The number of aryl methyl sites for hydroxylation is 3. The number of nitrogens with one attached hydrogen (secondary N) is 2. The van der Waals surface area contributed by atoms with Gasteiger partial charge in [0.25, 0.3) is 15.9 Å². The van der Waals surface area contributed by atoms with Crippen LogP contribution in [0.15, 0.2) is 65.6 Å². The Morgan fingerprint density at radius 2 is 1.49 bits per heavy atom. The predicted molar refractivity (Wildman–Crippen MR) is 140 cm³/mol. The quantitative estimate of drug-likeness (QED) is 0.468. The van der Waals surface area contributed by atoms with E-state index in [1.165, 1.54) is 24.5 Å². The van der Waals surface area contributed by atoms with Crippen molar-refractivity contribution in [3.8, 4) is 0 Å². The SMILES string of the molecule is Cc1cc(C)cc(NS(=O)(=O)c2cc(C(=O)NCc3ccc(CN4CCCC4)cc3)ccc2C)c1. The number of nitrogens with zero attached hydrogens (tertiary/aromatic N) is 1. The summed E-state index contributed by atoms with van der Waals surface area (Å²) in [5, 5.41) is 2.91. The summed E-state index contributed by atoms with van der Waals surface area (Å²) in [7, 11) is -3.85. The maximum absolute atomic E-state index is 13.1. The van der Waals surface area contributed by atoms with Gasteiger partial charge in [-0.05, 0) is 98.8 Å². The fourth-order valence-corrected chi connectivity index (χ4v) is 5.83. The van der Waals surface area contributed by atoms with E-state index in [4.69, 9.17) is 0 Å². The van der Waals surface area contributed by atoms with Crippen LogP contribution in [0.2, 0.25) is 0 Å². The molecule has 6 nitrogen and oxygen atoms in total. The predicted octanol–water partition coefficient (Wildman–Crippen LogP) is 4.94. The van der Waals surface area contributed by atoms with Crippen LogP contribution >= 0.6 is 0 Å². The van der Waals surface area contributed by atoms with Gasteiger partial charge in [-0.1, -0.05) is 36.4 Å². The molecule has 0 aliphatic carbocycles. The fourth-order valence-electron chi connectivity index (χ4n) is 4.52. The molecule has 0 aromatic heterocycles. The first-order valence-corrected chi connectivity index (χ1v) is 13.5. The third-order valence-corrected chi connectivity index (χ3v) is 7.82. The number of sulfonamides is 1. The van der Waals surface area contributed by atoms with Gasteiger partial charge in [0.15, 0.2) is 0 Å². The Hall–Kier alpha value is -3.16. The molecule has 1 heterocycles. The second kappa shape index (κ2) is 10.6. The molecular formula is C28H33N3O3S. The van der Waals surface area contributed by atoms with Crippen LogP contribution in [0, 0.1) is 20.8 Å². The molecule has 1 aliphatic rings. The van der Waals surface area contributed by atoms with Crippen LogP contribution in [0.1, 0.15) is 51.0 Å². The standard InChI is InChI=1S/C28H33N3O3S/c1-20-14-21(2)16-26(15-20)30-35(33,34)27-17-25(11-6-22(27)3)28(32)29-18-23-7-9-24(10-8-23)19-31-12-4-5-13-31/h6-11,14-17,30H,4-5,12-13,18-19H2,1-3H3,(H,29,32). The van der Waals surface area contributed by atoms with Crippen molar-refractivity contribution < 1.29 is 13.2 Å². The summed E-state index contributed by atoms with van der Waals surface area (Å²) in [6.07, 6.45) is 2.54. The topological polar surface area (TPSA) is 78.5 Å². The molecular weight excluding hydrogens is 458 g/mol. The van der Waals surface area contributed by atoms with E-state index in [0.29, 0.717) is 23.4 Å². The molecule has 0 radical (unpaired) electrons. The van der Waals surface area contributed by atoms with E-state index in [0.717, 1.165) is 36.3 Å². The van der Waals surface area contributed by atoms with Gasteiger partial charge < -0.3 is 5.32 Å². The maximum atomic E-state index is 13.1. The molecule has 3 aromatic rings. The number of carbonyl (C=O) groups is 1. The summed E-state index contributed by atoms with van der Waals surface area (Å²) in [5.74, 6) is -0.311. The number of carbonyl (C=O) groups excluding carboxylic acids is 1. The average molecular weight is 492 g/mol. The van der Waals surface area contributed by atoms with Crippen molar-refractivity contribution in [3.05, 3.63) is 94.0 Å². The summed E-state index contributed by atoms with van der Waals surface area (Å²) >= 11 is 0. The molecule has 0 saturated carbocycles. The van der Waals surface area contributed by atoms with Gasteiger partial charge >= 0.3 is 0 Å². The van der Waals surface area contributed by atoms with Gasteiger partial charge in [-0.25, -0.2) is 8.42 Å². The van der Waals surface area contributed by atoms with E-state index in [1.807, 2.05) is 32.0 Å². The van der Waals surface area contributed by atoms with E-state index < -0.39 is 10.0 Å². The van der Waals surface area contributed by atoms with E-state index in [9.17, 15) is 13.2 Å². The first-order chi connectivity index (χ1) is 16.7. The first kappa shape index (κ1) is 24.9. The zero-order chi connectivity index (χ0) is 25.0. The Morgan fingerprint density at radius 3 is 2.14 bits per heavy atom. The smallest absolute Gasteiger partial charge is 0.262 e. The highest BCUT2D eigenvalue weighted by molar-refractivity contribution is 7.92. The second-order valence-electron chi connectivity index (χ2n) is 9.44. The molecule has 0 bridgehead atoms. The van der Waals surface area contributed by atoms with Gasteiger partial charge in [0.2, 0.25) is 0 Å². The van der Waals surface area contributed by atoms with Crippen LogP contribution in [-0.4, -0.2) is 32.3 Å². The lowest BCUT2D eigenvalue weighted by molar-refractivity contribution is 0.0950. The van der Waals surface area contributed by atoms with Crippen molar-refractivity contribution >= 4 is 21.6 Å². The Labute approximate surface area is 208 Å². The van der Waals surface area contributed by atoms with Crippen LogP contribution < -0.4 is 10.0 Å². The number of anilines is 1. The largest absolute Gasteiger partial charge is 0.348 e. The van der Waals surface area contributed by atoms with Gasteiger partial charge in [-0.3, -0.25) is 14.4 Å². The molecule has 7 heteroatoms. The lowest BCUT2D eigenvalue weighted by atomic mass is 10.1. The Bertz CT molecular complexity index is 1290. The van der Waals surface area contributed by atoms with E-state index in [2.05, 4.69) is 27.1 Å². The number of rotatable bonds is 8. The molecule has 4 rings (SSSR count). The lowest BCUT2D eigenvalue weighted by Gasteiger charge is -2.15. The fraction of sp³-hybridized carbons (Fsp3) is 0.321. The zero-order valence-electron chi connectivity index (χ0n) is 20.6. The number of likely N-dealkylation sites (tertiary alicyclic amines) is 1. The number of hydrogen-bond acceptors (Lipinski definition) is 4. The molecule has 2 N–H and O–H groups in total. The van der Waals surface area contributed by atoms with Crippen molar-refractivity contribution in [3.63, 3.8) is 0 Å². The van der Waals surface area contributed by atoms with Crippen LogP contribution in [0.3, 0.4) is 0 Å². The van der Waals surface area contributed by atoms with Crippen molar-refractivity contribution in [2.24, 2.45) is 0 Å². The van der Waals surface area contributed by atoms with E-state index in [-0.39, 0.29) is 10.8 Å².